The van der Waals surface area contributed by atoms with Crippen LogP contribution in [0.15, 0.2) is 73.2 Å². The van der Waals surface area contributed by atoms with Crippen LogP contribution in [0.5, 0.6) is 0 Å². The van der Waals surface area contributed by atoms with E-state index in [0.717, 1.165) is 42.4 Å². The van der Waals surface area contributed by atoms with Crippen LogP contribution in [0.2, 0.25) is 0 Å². The standard InChI is InChI=1S/C30H34N6O2/c1-36-18-25(17-34-36)24-15-26(29(32)33-16-24)30(37)35-27-3-2-4-28(27)38-19-21-7-11-23(12-8-21)22-9-5-20(6-10-22)13-14-31/h5-12,15-18,27-28H,2-4,13-14,19,31H2,1H3,(H2,32,33)(H,35,37)/t27-,28-/m0/s1. The molecule has 8 heteroatoms. The van der Waals surface area contributed by atoms with Gasteiger partial charge in [-0.2, -0.15) is 5.10 Å². The third kappa shape index (κ3) is 5.93. The highest BCUT2D eigenvalue weighted by molar-refractivity contribution is 5.99. The third-order valence-corrected chi connectivity index (χ3v) is 7.11. The van der Waals surface area contributed by atoms with Gasteiger partial charge in [0.25, 0.3) is 5.91 Å². The van der Waals surface area contributed by atoms with Crippen molar-refractivity contribution >= 4 is 11.7 Å². The van der Waals surface area contributed by atoms with Crippen molar-refractivity contribution in [2.45, 2.75) is 44.4 Å². The normalized spacial score (nSPS) is 17.0. The molecule has 0 unspecified atom stereocenters. The van der Waals surface area contributed by atoms with E-state index in [4.69, 9.17) is 16.2 Å². The van der Waals surface area contributed by atoms with Gasteiger partial charge in [-0.15, -0.1) is 0 Å². The molecule has 196 valence electrons. The molecule has 1 saturated carbocycles. The van der Waals surface area contributed by atoms with E-state index in [1.807, 2.05) is 13.2 Å². The Balaban J connectivity index is 1.19. The molecule has 0 bridgehead atoms. The van der Waals surface area contributed by atoms with Crippen LogP contribution < -0.4 is 16.8 Å². The lowest BCUT2D eigenvalue weighted by atomic mass is 10.0. The largest absolute Gasteiger partial charge is 0.383 e. The first-order valence-corrected chi connectivity index (χ1v) is 13.1. The number of carbonyl (C=O) groups is 1. The number of nitrogens with two attached hydrogens (primary N) is 2. The van der Waals surface area contributed by atoms with Crippen LogP contribution in [0.4, 0.5) is 5.82 Å². The molecule has 1 aliphatic rings. The van der Waals surface area contributed by atoms with Gasteiger partial charge in [0, 0.05) is 30.6 Å². The summed E-state index contributed by atoms with van der Waals surface area (Å²) >= 11 is 0. The number of nitrogens with one attached hydrogen (secondary N) is 1. The molecular formula is C30H34N6O2. The topological polar surface area (TPSA) is 121 Å². The van der Waals surface area contributed by atoms with Crippen LogP contribution in [0, 0.1) is 0 Å². The lowest BCUT2D eigenvalue weighted by molar-refractivity contribution is 0.0272. The molecule has 4 aromatic rings. The molecule has 1 fully saturated rings. The number of pyridine rings is 1. The Bertz CT molecular complexity index is 1380. The average molecular weight is 511 g/mol. The fraction of sp³-hybridized carbons (Fsp3) is 0.300. The number of nitrogen functional groups attached to an aromatic ring is 1. The predicted molar refractivity (Wildman–Crippen MR) is 149 cm³/mol. The molecule has 2 aromatic heterocycles. The van der Waals surface area contributed by atoms with E-state index in [-0.39, 0.29) is 23.9 Å². The molecule has 5 rings (SSSR count). The van der Waals surface area contributed by atoms with Gasteiger partial charge in [-0.3, -0.25) is 9.48 Å². The van der Waals surface area contributed by atoms with Crippen molar-refractivity contribution in [1.29, 1.82) is 0 Å². The number of aryl methyl sites for hydroxylation is 1. The first kappa shape index (κ1) is 25.6. The van der Waals surface area contributed by atoms with Gasteiger partial charge in [0.2, 0.25) is 0 Å². The zero-order chi connectivity index (χ0) is 26.5. The number of hydrogen-bond acceptors (Lipinski definition) is 6. The van der Waals surface area contributed by atoms with Crippen molar-refractivity contribution in [1.82, 2.24) is 20.1 Å². The van der Waals surface area contributed by atoms with Gasteiger partial charge >= 0.3 is 0 Å². The summed E-state index contributed by atoms with van der Waals surface area (Å²) < 4.78 is 7.98. The monoisotopic (exact) mass is 510 g/mol. The average Bonchev–Trinajstić information content (AvgIpc) is 3.57. The van der Waals surface area contributed by atoms with E-state index in [2.05, 4.69) is 63.9 Å². The number of anilines is 1. The van der Waals surface area contributed by atoms with Gasteiger partial charge in [-0.1, -0.05) is 48.5 Å². The second kappa shape index (κ2) is 11.6. The van der Waals surface area contributed by atoms with Gasteiger partial charge < -0.3 is 21.5 Å². The van der Waals surface area contributed by atoms with E-state index in [1.165, 1.54) is 16.7 Å². The Morgan fingerprint density at radius 1 is 1.00 bits per heavy atom. The van der Waals surface area contributed by atoms with Crippen LogP contribution in [-0.4, -0.2) is 39.4 Å². The number of nitrogens with zero attached hydrogens (tertiary/aromatic N) is 3. The Labute approximate surface area is 223 Å². The molecule has 8 nitrogen and oxygen atoms in total. The van der Waals surface area contributed by atoms with Crippen LogP contribution in [0.25, 0.3) is 22.3 Å². The minimum Gasteiger partial charge on any atom is -0.383 e. The summed E-state index contributed by atoms with van der Waals surface area (Å²) in [6, 6.07) is 18.7. The third-order valence-electron chi connectivity index (χ3n) is 7.11. The van der Waals surface area contributed by atoms with Crippen LogP contribution >= 0.6 is 0 Å². The molecule has 38 heavy (non-hydrogen) atoms. The van der Waals surface area contributed by atoms with Crippen LogP contribution in [-0.2, 0) is 24.8 Å². The maximum atomic E-state index is 13.1. The van der Waals surface area contributed by atoms with E-state index in [9.17, 15) is 4.79 Å². The summed E-state index contributed by atoms with van der Waals surface area (Å²) in [7, 11) is 1.85. The molecule has 0 spiro atoms. The summed E-state index contributed by atoms with van der Waals surface area (Å²) in [5.74, 6) is -0.0252. The molecular weight excluding hydrogens is 476 g/mol. The van der Waals surface area contributed by atoms with Gasteiger partial charge in [0.05, 0.1) is 30.5 Å². The summed E-state index contributed by atoms with van der Waals surface area (Å²) in [6.07, 6.45) is 8.88. The van der Waals surface area contributed by atoms with Crippen molar-refractivity contribution in [3.63, 3.8) is 0 Å². The zero-order valence-corrected chi connectivity index (χ0v) is 21.6. The Morgan fingerprint density at radius 3 is 2.37 bits per heavy atom. The first-order valence-electron chi connectivity index (χ1n) is 13.1. The fourth-order valence-electron chi connectivity index (χ4n) is 4.95. The molecule has 2 atom stereocenters. The maximum absolute atomic E-state index is 13.1. The Morgan fingerprint density at radius 2 is 1.71 bits per heavy atom. The summed E-state index contributed by atoms with van der Waals surface area (Å²) in [5.41, 5.74) is 18.4. The minimum absolute atomic E-state index is 0.0515. The molecule has 5 N–H and O–H groups in total. The van der Waals surface area contributed by atoms with Gasteiger partial charge in [-0.05, 0) is 60.5 Å². The van der Waals surface area contributed by atoms with Crippen molar-refractivity contribution in [2.75, 3.05) is 12.3 Å². The van der Waals surface area contributed by atoms with E-state index in [1.54, 1.807) is 23.1 Å². The maximum Gasteiger partial charge on any atom is 0.255 e. The highest BCUT2D eigenvalue weighted by atomic mass is 16.5. The van der Waals surface area contributed by atoms with E-state index >= 15 is 0 Å². The summed E-state index contributed by atoms with van der Waals surface area (Å²) in [6.45, 7) is 1.15. The lowest BCUT2D eigenvalue weighted by Gasteiger charge is -2.22. The van der Waals surface area contributed by atoms with Crippen molar-refractivity contribution < 1.29 is 9.53 Å². The van der Waals surface area contributed by atoms with Crippen molar-refractivity contribution in [3.8, 4) is 22.3 Å². The number of ether oxygens (including phenoxy) is 1. The Kier molecular flexibility index (Phi) is 7.81. The second-order valence-electron chi connectivity index (χ2n) is 9.85. The molecule has 1 aliphatic carbocycles. The SMILES string of the molecule is Cn1cc(-c2cnc(N)c(C(=O)N[C@H]3CCC[C@@H]3OCc3ccc(-c4ccc(CCN)cc4)cc3)c2)cn1. The Hall–Kier alpha value is -4.01. The summed E-state index contributed by atoms with van der Waals surface area (Å²) in [4.78, 5) is 17.4. The second-order valence-corrected chi connectivity index (χ2v) is 9.85. The van der Waals surface area contributed by atoms with E-state index < -0.39 is 0 Å². The minimum atomic E-state index is -0.233. The van der Waals surface area contributed by atoms with Gasteiger partial charge in [0.15, 0.2) is 0 Å². The molecule has 0 radical (unpaired) electrons. The molecule has 2 aromatic carbocycles. The highest BCUT2D eigenvalue weighted by Crippen LogP contribution is 2.26. The highest BCUT2D eigenvalue weighted by Gasteiger charge is 2.30. The number of benzene rings is 2. The molecule has 2 heterocycles. The fourth-order valence-corrected chi connectivity index (χ4v) is 4.95. The predicted octanol–water partition coefficient (Wildman–Crippen LogP) is 4.10. The lowest BCUT2D eigenvalue weighted by Crippen LogP contribution is -2.41. The van der Waals surface area contributed by atoms with Crippen LogP contribution in [0.3, 0.4) is 0 Å². The van der Waals surface area contributed by atoms with Gasteiger partial charge in [0.1, 0.15) is 5.82 Å². The van der Waals surface area contributed by atoms with Crippen molar-refractivity contribution in [3.05, 3.63) is 89.9 Å². The molecule has 1 amide bonds. The molecule has 0 saturated heterocycles. The quantitative estimate of drug-likeness (QED) is 0.312. The van der Waals surface area contributed by atoms with E-state index in [0.29, 0.717) is 18.7 Å². The number of rotatable bonds is 9. The van der Waals surface area contributed by atoms with Crippen LogP contribution in [0.1, 0.15) is 40.7 Å². The first-order chi connectivity index (χ1) is 18.5. The van der Waals surface area contributed by atoms with Gasteiger partial charge in [-0.25, -0.2) is 4.98 Å². The number of aromatic nitrogens is 3. The molecule has 0 aliphatic heterocycles. The van der Waals surface area contributed by atoms with Crippen molar-refractivity contribution in [2.24, 2.45) is 12.8 Å². The number of amides is 1. The summed E-state index contributed by atoms with van der Waals surface area (Å²) in [5, 5.41) is 7.33. The number of carbonyl (C=O) groups excluding carboxylic acids is 1. The number of hydrogen-bond donors (Lipinski definition) is 3. The zero-order valence-electron chi connectivity index (χ0n) is 21.6. The smallest absolute Gasteiger partial charge is 0.255 e.